The lowest BCUT2D eigenvalue weighted by Gasteiger charge is -2.16. The number of benzene rings is 1. The Morgan fingerprint density at radius 3 is 2.58 bits per heavy atom. The number of nitrogens with one attached hydrogen (secondary N) is 1. The molecule has 0 saturated carbocycles. The summed E-state index contributed by atoms with van der Waals surface area (Å²) in [4.78, 5) is 24.3. The van der Waals surface area contributed by atoms with E-state index in [-0.39, 0.29) is 29.3 Å². The van der Waals surface area contributed by atoms with Crippen LogP contribution in [-0.2, 0) is 14.8 Å². The molecule has 0 aliphatic carbocycles. The van der Waals surface area contributed by atoms with Crippen molar-refractivity contribution < 1.29 is 18.0 Å². The molecule has 144 valence electrons. The van der Waals surface area contributed by atoms with E-state index in [0.29, 0.717) is 18.9 Å². The van der Waals surface area contributed by atoms with E-state index in [2.05, 4.69) is 19.2 Å². The third-order valence-corrected chi connectivity index (χ3v) is 6.65. The highest BCUT2D eigenvalue weighted by atomic mass is 32.2. The molecule has 1 aromatic rings. The van der Waals surface area contributed by atoms with Gasteiger partial charge in [-0.2, -0.15) is 0 Å². The molecule has 0 fully saturated rings. The standard InChI is InChI=1S/C19H28N2O4S/c1-3-5-9-15(4-2)14-20-18(22)12-8-13-21-19(23)16-10-6-7-11-17(16)26(21,24)25/h6-7,10-11,15H,3-5,8-9,12-14H2,1-2H3,(H,20,22). The van der Waals surface area contributed by atoms with Gasteiger partial charge in [-0.3, -0.25) is 9.59 Å². The molecule has 1 aliphatic rings. The normalized spacial score (nSPS) is 16.4. The first-order chi connectivity index (χ1) is 12.4. The van der Waals surface area contributed by atoms with E-state index in [0.717, 1.165) is 30.0 Å². The molecule has 26 heavy (non-hydrogen) atoms. The van der Waals surface area contributed by atoms with Crippen molar-refractivity contribution in [3.05, 3.63) is 29.8 Å². The maximum atomic E-state index is 12.4. The second kappa shape index (κ2) is 9.16. The molecule has 6 nitrogen and oxygen atoms in total. The number of nitrogens with zero attached hydrogens (tertiary/aromatic N) is 1. The van der Waals surface area contributed by atoms with Crippen molar-refractivity contribution in [2.45, 2.75) is 57.3 Å². The second-order valence-electron chi connectivity index (χ2n) is 6.70. The summed E-state index contributed by atoms with van der Waals surface area (Å²) >= 11 is 0. The Hall–Kier alpha value is -1.89. The highest BCUT2D eigenvalue weighted by Crippen LogP contribution is 2.29. The SMILES string of the molecule is CCCCC(CC)CNC(=O)CCCN1C(=O)c2ccccc2S1(=O)=O. The molecule has 0 radical (unpaired) electrons. The fourth-order valence-electron chi connectivity index (χ4n) is 3.13. The number of unbranched alkanes of at least 4 members (excludes halogenated alkanes) is 1. The predicted octanol–water partition coefficient (Wildman–Crippen LogP) is 2.94. The molecule has 1 unspecified atom stereocenters. The summed E-state index contributed by atoms with van der Waals surface area (Å²) in [5.41, 5.74) is 0.207. The number of hydrogen-bond acceptors (Lipinski definition) is 4. The van der Waals surface area contributed by atoms with Crippen molar-refractivity contribution in [2.75, 3.05) is 13.1 Å². The summed E-state index contributed by atoms with van der Waals surface area (Å²) < 4.78 is 25.7. The molecule has 1 aliphatic heterocycles. The van der Waals surface area contributed by atoms with Crippen LogP contribution in [0.25, 0.3) is 0 Å². The first kappa shape index (κ1) is 20.4. The fourth-order valence-corrected chi connectivity index (χ4v) is 4.73. The molecule has 2 rings (SSSR count). The van der Waals surface area contributed by atoms with Gasteiger partial charge < -0.3 is 5.32 Å². The Balaban J connectivity index is 1.81. The third-order valence-electron chi connectivity index (χ3n) is 4.81. The molecule has 1 aromatic carbocycles. The molecule has 0 spiro atoms. The quantitative estimate of drug-likeness (QED) is 0.676. The highest BCUT2D eigenvalue weighted by molar-refractivity contribution is 7.90. The van der Waals surface area contributed by atoms with E-state index in [9.17, 15) is 18.0 Å². The number of sulfonamides is 1. The van der Waals surface area contributed by atoms with Gasteiger partial charge in [0.2, 0.25) is 5.91 Å². The first-order valence-electron chi connectivity index (χ1n) is 9.34. The highest BCUT2D eigenvalue weighted by Gasteiger charge is 2.40. The van der Waals surface area contributed by atoms with Crippen LogP contribution in [0, 0.1) is 5.92 Å². The lowest BCUT2D eigenvalue weighted by Crippen LogP contribution is -2.33. The molecule has 1 atom stereocenters. The van der Waals surface area contributed by atoms with Crippen molar-refractivity contribution in [3.63, 3.8) is 0 Å². The van der Waals surface area contributed by atoms with Crippen LogP contribution in [0.15, 0.2) is 29.2 Å². The second-order valence-corrected chi connectivity index (χ2v) is 8.53. The van der Waals surface area contributed by atoms with Crippen LogP contribution in [0.4, 0.5) is 0 Å². The number of carbonyl (C=O) groups is 2. The van der Waals surface area contributed by atoms with E-state index < -0.39 is 15.9 Å². The Bertz CT molecular complexity index is 746. The first-order valence-corrected chi connectivity index (χ1v) is 10.8. The molecule has 2 amide bonds. The summed E-state index contributed by atoms with van der Waals surface area (Å²) in [7, 11) is -3.78. The van der Waals surface area contributed by atoms with Crippen LogP contribution >= 0.6 is 0 Å². The zero-order chi connectivity index (χ0) is 19.2. The van der Waals surface area contributed by atoms with E-state index in [1.807, 2.05) is 0 Å². The van der Waals surface area contributed by atoms with Gasteiger partial charge >= 0.3 is 0 Å². The van der Waals surface area contributed by atoms with Gasteiger partial charge in [0.25, 0.3) is 15.9 Å². The maximum absolute atomic E-state index is 12.4. The fraction of sp³-hybridized carbons (Fsp3) is 0.579. The van der Waals surface area contributed by atoms with Gasteiger partial charge in [0, 0.05) is 19.5 Å². The van der Waals surface area contributed by atoms with Crippen LogP contribution in [0.1, 0.15) is 62.7 Å². The monoisotopic (exact) mass is 380 g/mol. The van der Waals surface area contributed by atoms with Crippen LogP contribution in [0.5, 0.6) is 0 Å². The number of fused-ring (bicyclic) bond motifs is 1. The summed E-state index contributed by atoms with van der Waals surface area (Å²) in [6.07, 6.45) is 4.95. The minimum atomic E-state index is -3.78. The van der Waals surface area contributed by atoms with Gasteiger partial charge in [-0.25, -0.2) is 12.7 Å². The molecular weight excluding hydrogens is 352 g/mol. The topological polar surface area (TPSA) is 83.6 Å². The van der Waals surface area contributed by atoms with E-state index in [1.54, 1.807) is 12.1 Å². The van der Waals surface area contributed by atoms with Crippen LogP contribution in [0.3, 0.4) is 0 Å². The summed E-state index contributed by atoms with van der Waals surface area (Å²) in [6.45, 7) is 4.95. The van der Waals surface area contributed by atoms with Gasteiger partial charge in [0.05, 0.1) is 5.56 Å². The molecule has 1 N–H and O–H groups in total. The van der Waals surface area contributed by atoms with Crippen LogP contribution in [-0.4, -0.2) is 37.6 Å². The van der Waals surface area contributed by atoms with Crippen LogP contribution in [0.2, 0.25) is 0 Å². The minimum Gasteiger partial charge on any atom is -0.356 e. The lowest BCUT2D eigenvalue weighted by molar-refractivity contribution is -0.121. The maximum Gasteiger partial charge on any atom is 0.269 e. The van der Waals surface area contributed by atoms with E-state index in [1.165, 1.54) is 12.1 Å². The Morgan fingerprint density at radius 2 is 1.92 bits per heavy atom. The number of carbonyl (C=O) groups excluding carboxylic acids is 2. The number of hydrogen-bond donors (Lipinski definition) is 1. The molecule has 1 heterocycles. The zero-order valence-corrected chi connectivity index (χ0v) is 16.3. The van der Waals surface area contributed by atoms with Gasteiger partial charge in [0.15, 0.2) is 0 Å². The average Bonchev–Trinajstić information content (AvgIpc) is 2.83. The molecule has 0 bridgehead atoms. The Labute approximate surface area is 156 Å². The minimum absolute atomic E-state index is 0.0241. The molecule has 0 saturated heterocycles. The van der Waals surface area contributed by atoms with Crippen molar-refractivity contribution in [3.8, 4) is 0 Å². The molecule has 7 heteroatoms. The predicted molar refractivity (Wildman–Crippen MR) is 100 cm³/mol. The Morgan fingerprint density at radius 1 is 1.19 bits per heavy atom. The van der Waals surface area contributed by atoms with Crippen molar-refractivity contribution in [1.29, 1.82) is 0 Å². The van der Waals surface area contributed by atoms with Gasteiger partial charge in [-0.15, -0.1) is 0 Å². The summed E-state index contributed by atoms with van der Waals surface area (Å²) in [5.74, 6) is -0.123. The third kappa shape index (κ3) is 4.63. The zero-order valence-electron chi connectivity index (χ0n) is 15.5. The van der Waals surface area contributed by atoms with Crippen molar-refractivity contribution in [2.24, 2.45) is 5.92 Å². The Kier molecular flexibility index (Phi) is 7.20. The molecule has 0 aromatic heterocycles. The molecular formula is C19H28N2O4S. The van der Waals surface area contributed by atoms with Crippen LogP contribution < -0.4 is 5.32 Å². The smallest absolute Gasteiger partial charge is 0.269 e. The van der Waals surface area contributed by atoms with Gasteiger partial charge in [-0.1, -0.05) is 45.2 Å². The summed E-state index contributed by atoms with van der Waals surface area (Å²) in [5, 5.41) is 2.93. The average molecular weight is 381 g/mol. The van der Waals surface area contributed by atoms with Crippen molar-refractivity contribution in [1.82, 2.24) is 9.62 Å². The van der Waals surface area contributed by atoms with Crippen molar-refractivity contribution >= 4 is 21.8 Å². The van der Waals surface area contributed by atoms with E-state index >= 15 is 0 Å². The lowest BCUT2D eigenvalue weighted by atomic mass is 9.99. The number of amides is 2. The number of rotatable bonds is 10. The van der Waals surface area contributed by atoms with E-state index in [4.69, 9.17) is 0 Å². The van der Waals surface area contributed by atoms with Gasteiger partial charge in [-0.05, 0) is 30.9 Å². The summed E-state index contributed by atoms with van der Waals surface area (Å²) in [6, 6.07) is 6.20. The largest absolute Gasteiger partial charge is 0.356 e. The van der Waals surface area contributed by atoms with Gasteiger partial charge in [0.1, 0.15) is 4.90 Å².